The molecule has 0 radical (unpaired) electrons. The van der Waals surface area contributed by atoms with E-state index in [4.69, 9.17) is 5.73 Å². The average Bonchev–Trinajstić information content (AvgIpc) is 2.10. The molecule has 0 saturated heterocycles. The van der Waals surface area contributed by atoms with Gasteiger partial charge in [0, 0.05) is 0 Å². The number of ketones is 1. The van der Waals surface area contributed by atoms with Crippen LogP contribution in [-0.2, 0) is 0 Å². The lowest BCUT2D eigenvalue weighted by Crippen LogP contribution is -2.14. The number of aryl methyl sites for hydroxylation is 2. The van der Waals surface area contributed by atoms with Crippen molar-refractivity contribution in [3.8, 4) is 5.75 Å². The first-order chi connectivity index (χ1) is 6.06. The molecule has 0 spiro atoms. The molecule has 0 aromatic heterocycles. The van der Waals surface area contributed by atoms with E-state index in [1.54, 1.807) is 12.1 Å². The number of hydrogen-bond acceptors (Lipinski definition) is 3. The summed E-state index contributed by atoms with van der Waals surface area (Å²) in [6.07, 6.45) is 0. The number of phenolic OH excluding ortho intramolecular Hbond substituents is 1. The van der Waals surface area contributed by atoms with Gasteiger partial charge in [0.1, 0.15) is 5.75 Å². The molecule has 0 aliphatic rings. The van der Waals surface area contributed by atoms with E-state index in [0.717, 1.165) is 11.1 Å². The number of phenols is 1. The van der Waals surface area contributed by atoms with Crippen LogP contribution >= 0.6 is 0 Å². The predicted octanol–water partition coefficient (Wildman–Crippen LogP) is 1.15. The SMILES string of the molecule is Cc1cc(O)c(C(=O)CN)cc1C. The molecule has 0 amide bonds. The summed E-state index contributed by atoms with van der Waals surface area (Å²) in [5, 5.41) is 9.44. The number of benzene rings is 1. The van der Waals surface area contributed by atoms with Gasteiger partial charge < -0.3 is 10.8 Å². The number of carbonyl (C=O) groups excluding carboxylic acids is 1. The second-order valence-electron chi connectivity index (χ2n) is 3.08. The Bertz CT molecular complexity index is 345. The van der Waals surface area contributed by atoms with Crippen molar-refractivity contribution >= 4 is 5.78 Å². The highest BCUT2D eigenvalue weighted by atomic mass is 16.3. The standard InChI is InChI=1S/C10H13NO2/c1-6-3-8(10(13)5-11)9(12)4-7(6)2/h3-4,12H,5,11H2,1-2H3. The van der Waals surface area contributed by atoms with Gasteiger partial charge in [-0.3, -0.25) is 4.79 Å². The number of Topliss-reactive ketones (excluding diaryl/α,β-unsaturated/α-hetero) is 1. The number of aromatic hydroxyl groups is 1. The van der Waals surface area contributed by atoms with Crippen LogP contribution < -0.4 is 5.73 Å². The van der Waals surface area contributed by atoms with Crippen LogP contribution in [0.15, 0.2) is 12.1 Å². The van der Waals surface area contributed by atoms with Crippen LogP contribution in [-0.4, -0.2) is 17.4 Å². The molecule has 0 fully saturated rings. The third-order valence-electron chi connectivity index (χ3n) is 2.10. The van der Waals surface area contributed by atoms with E-state index in [9.17, 15) is 9.90 Å². The molecule has 0 saturated carbocycles. The maximum Gasteiger partial charge on any atom is 0.180 e. The quantitative estimate of drug-likeness (QED) is 0.669. The van der Waals surface area contributed by atoms with Crippen molar-refractivity contribution in [3.63, 3.8) is 0 Å². The molecule has 0 aliphatic heterocycles. The normalized spacial score (nSPS) is 10.1. The lowest BCUT2D eigenvalue weighted by atomic mass is 10.0. The van der Waals surface area contributed by atoms with Crippen molar-refractivity contribution in [1.82, 2.24) is 0 Å². The maximum atomic E-state index is 11.2. The smallest absolute Gasteiger partial charge is 0.180 e. The van der Waals surface area contributed by atoms with Crippen molar-refractivity contribution in [2.45, 2.75) is 13.8 Å². The molecule has 3 nitrogen and oxygen atoms in total. The molecular weight excluding hydrogens is 166 g/mol. The zero-order valence-corrected chi connectivity index (χ0v) is 7.79. The third kappa shape index (κ3) is 1.87. The van der Waals surface area contributed by atoms with Crippen molar-refractivity contribution in [3.05, 3.63) is 28.8 Å². The fourth-order valence-electron chi connectivity index (χ4n) is 1.13. The Morgan fingerprint density at radius 1 is 1.38 bits per heavy atom. The lowest BCUT2D eigenvalue weighted by Gasteiger charge is -2.06. The molecule has 3 N–H and O–H groups in total. The molecule has 0 bridgehead atoms. The maximum absolute atomic E-state index is 11.2. The summed E-state index contributed by atoms with van der Waals surface area (Å²) >= 11 is 0. The summed E-state index contributed by atoms with van der Waals surface area (Å²) in [7, 11) is 0. The third-order valence-corrected chi connectivity index (χ3v) is 2.10. The topological polar surface area (TPSA) is 63.3 Å². The van der Waals surface area contributed by atoms with Gasteiger partial charge in [0.05, 0.1) is 12.1 Å². The van der Waals surface area contributed by atoms with Crippen LogP contribution in [0.5, 0.6) is 5.75 Å². The Hall–Kier alpha value is -1.35. The molecule has 1 aromatic carbocycles. The van der Waals surface area contributed by atoms with Gasteiger partial charge >= 0.3 is 0 Å². The second kappa shape index (κ2) is 3.58. The minimum Gasteiger partial charge on any atom is -0.507 e. The van der Waals surface area contributed by atoms with Crippen LogP contribution in [0.1, 0.15) is 21.5 Å². The summed E-state index contributed by atoms with van der Waals surface area (Å²) in [6.45, 7) is 3.70. The second-order valence-corrected chi connectivity index (χ2v) is 3.08. The van der Waals surface area contributed by atoms with Crippen molar-refractivity contribution in [2.75, 3.05) is 6.54 Å². The van der Waals surface area contributed by atoms with Crippen molar-refractivity contribution < 1.29 is 9.90 Å². The Kier molecular flexibility index (Phi) is 2.68. The van der Waals surface area contributed by atoms with Gasteiger partial charge in [-0.05, 0) is 37.1 Å². The minimum absolute atomic E-state index is 0.0125. The molecule has 0 heterocycles. The minimum atomic E-state index is -0.236. The first-order valence-electron chi connectivity index (χ1n) is 4.09. The first-order valence-corrected chi connectivity index (χ1v) is 4.09. The Labute approximate surface area is 77.2 Å². The molecule has 0 aliphatic carbocycles. The van der Waals surface area contributed by atoms with Gasteiger partial charge in [-0.15, -0.1) is 0 Å². The van der Waals surface area contributed by atoms with Crippen molar-refractivity contribution in [1.29, 1.82) is 0 Å². The molecule has 70 valence electrons. The molecule has 3 heteroatoms. The van der Waals surface area contributed by atoms with Crippen LogP contribution in [0.25, 0.3) is 0 Å². The summed E-state index contributed by atoms with van der Waals surface area (Å²) in [6, 6.07) is 3.25. The Balaban J connectivity index is 3.23. The predicted molar refractivity (Wildman–Crippen MR) is 51.0 cm³/mol. The van der Waals surface area contributed by atoms with Crippen LogP contribution in [0.2, 0.25) is 0 Å². The monoisotopic (exact) mass is 179 g/mol. The van der Waals surface area contributed by atoms with E-state index < -0.39 is 0 Å². The zero-order chi connectivity index (χ0) is 10.0. The van der Waals surface area contributed by atoms with E-state index >= 15 is 0 Å². The largest absolute Gasteiger partial charge is 0.507 e. The molecule has 1 aromatic rings. The van der Waals surface area contributed by atoms with Gasteiger partial charge in [0.2, 0.25) is 0 Å². The first kappa shape index (κ1) is 9.74. The van der Waals surface area contributed by atoms with E-state index in [1.165, 1.54) is 0 Å². The van der Waals surface area contributed by atoms with E-state index in [2.05, 4.69) is 0 Å². The fourth-order valence-corrected chi connectivity index (χ4v) is 1.13. The summed E-state index contributed by atoms with van der Waals surface area (Å²) in [5.41, 5.74) is 7.46. The highest BCUT2D eigenvalue weighted by molar-refractivity contribution is 6.00. The van der Waals surface area contributed by atoms with E-state index in [-0.39, 0.29) is 18.1 Å². The van der Waals surface area contributed by atoms with Gasteiger partial charge in [0.25, 0.3) is 0 Å². The van der Waals surface area contributed by atoms with Crippen LogP contribution in [0.4, 0.5) is 0 Å². The summed E-state index contributed by atoms with van der Waals surface area (Å²) in [5.74, 6) is -0.223. The van der Waals surface area contributed by atoms with Gasteiger partial charge in [-0.1, -0.05) is 0 Å². The number of carbonyl (C=O) groups is 1. The van der Waals surface area contributed by atoms with Gasteiger partial charge in [-0.2, -0.15) is 0 Å². The fraction of sp³-hybridized carbons (Fsp3) is 0.300. The highest BCUT2D eigenvalue weighted by Gasteiger charge is 2.10. The summed E-state index contributed by atoms with van der Waals surface area (Å²) < 4.78 is 0. The van der Waals surface area contributed by atoms with E-state index in [0.29, 0.717) is 5.56 Å². The van der Waals surface area contributed by atoms with Crippen LogP contribution in [0.3, 0.4) is 0 Å². The summed E-state index contributed by atoms with van der Waals surface area (Å²) in [4.78, 5) is 11.2. The number of rotatable bonds is 2. The molecule has 1 rings (SSSR count). The van der Waals surface area contributed by atoms with Gasteiger partial charge in [0.15, 0.2) is 5.78 Å². The Morgan fingerprint density at radius 2 is 1.92 bits per heavy atom. The van der Waals surface area contributed by atoms with E-state index in [1.807, 2.05) is 13.8 Å². The molecular formula is C10H13NO2. The average molecular weight is 179 g/mol. The number of nitrogens with two attached hydrogens (primary N) is 1. The molecule has 13 heavy (non-hydrogen) atoms. The number of hydrogen-bond donors (Lipinski definition) is 2. The zero-order valence-electron chi connectivity index (χ0n) is 7.79. The van der Waals surface area contributed by atoms with Crippen LogP contribution in [0, 0.1) is 13.8 Å². The Morgan fingerprint density at radius 3 is 2.46 bits per heavy atom. The molecule has 0 atom stereocenters. The van der Waals surface area contributed by atoms with Crippen molar-refractivity contribution in [2.24, 2.45) is 5.73 Å². The van der Waals surface area contributed by atoms with Gasteiger partial charge in [-0.25, -0.2) is 0 Å². The molecule has 0 unspecified atom stereocenters. The highest BCUT2D eigenvalue weighted by Crippen LogP contribution is 2.21. The lowest BCUT2D eigenvalue weighted by molar-refractivity contribution is 0.0999.